The summed E-state index contributed by atoms with van der Waals surface area (Å²) >= 11 is 0. The summed E-state index contributed by atoms with van der Waals surface area (Å²) in [5.74, 6) is -0.548. The van der Waals surface area contributed by atoms with Crippen molar-refractivity contribution in [3.05, 3.63) is 35.1 Å². The van der Waals surface area contributed by atoms with Gasteiger partial charge in [0.1, 0.15) is 5.82 Å². The van der Waals surface area contributed by atoms with Crippen molar-refractivity contribution in [3.8, 4) is 0 Å². The average molecular weight is 222 g/mol. The summed E-state index contributed by atoms with van der Waals surface area (Å²) in [6.07, 6.45) is 1.80. The minimum absolute atomic E-state index is 0.195. The molecule has 1 fully saturated rings. The van der Waals surface area contributed by atoms with Crippen LogP contribution in [0.25, 0.3) is 0 Å². The largest absolute Gasteiger partial charge is 0.366 e. The number of hydrogen-bond acceptors (Lipinski definition) is 2. The first-order chi connectivity index (χ1) is 7.68. The number of amides is 1. The molecule has 1 amide bonds. The van der Waals surface area contributed by atoms with Crippen LogP contribution in [0.5, 0.6) is 0 Å². The van der Waals surface area contributed by atoms with Crippen LogP contribution in [0.3, 0.4) is 0 Å². The first kappa shape index (κ1) is 11.1. The summed E-state index contributed by atoms with van der Waals surface area (Å²) in [4.78, 5) is 11.0. The molecule has 3 N–H and O–H groups in total. The van der Waals surface area contributed by atoms with Crippen molar-refractivity contribution in [2.45, 2.75) is 18.8 Å². The number of carbonyl (C=O) groups excluding carboxylic acids is 1. The molecule has 2 rings (SSSR count). The molecule has 86 valence electrons. The zero-order valence-corrected chi connectivity index (χ0v) is 9.00. The van der Waals surface area contributed by atoms with Crippen molar-refractivity contribution < 1.29 is 9.18 Å². The summed E-state index contributed by atoms with van der Waals surface area (Å²) in [6, 6.07) is 4.35. The molecule has 4 heteroatoms. The molecule has 0 aliphatic carbocycles. The third-order valence-electron chi connectivity index (χ3n) is 3.06. The van der Waals surface area contributed by atoms with Gasteiger partial charge in [-0.25, -0.2) is 4.39 Å². The molecule has 1 saturated heterocycles. The quantitative estimate of drug-likeness (QED) is 0.794. The lowest BCUT2D eigenvalue weighted by Crippen LogP contribution is -2.27. The number of halogens is 1. The van der Waals surface area contributed by atoms with Gasteiger partial charge in [-0.3, -0.25) is 4.79 Å². The Kier molecular flexibility index (Phi) is 3.19. The fourth-order valence-electron chi connectivity index (χ4n) is 2.14. The molecule has 1 heterocycles. The topological polar surface area (TPSA) is 55.1 Å². The van der Waals surface area contributed by atoms with Crippen LogP contribution in [0, 0.1) is 5.82 Å². The van der Waals surface area contributed by atoms with Gasteiger partial charge < -0.3 is 11.1 Å². The van der Waals surface area contributed by atoms with E-state index in [4.69, 9.17) is 5.73 Å². The van der Waals surface area contributed by atoms with Crippen molar-refractivity contribution in [3.63, 3.8) is 0 Å². The van der Waals surface area contributed by atoms with Crippen LogP contribution in [-0.2, 0) is 0 Å². The number of nitrogens with one attached hydrogen (secondary N) is 1. The maximum atomic E-state index is 13.6. The molecule has 0 bridgehead atoms. The highest BCUT2D eigenvalue weighted by molar-refractivity contribution is 5.92. The van der Waals surface area contributed by atoms with E-state index in [-0.39, 0.29) is 11.7 Å². The molecule has 0 aromatic heterocycles. The molecule has 16 heavy (non-hydrogen) atoms. The molecule has 1 aliphatic heterocycles. The maximum Gasteiger partial charge on any atom is 0.248 e. The number of piperidine rings is 1. The van der Waals surface area contributed by atoms with Crippen molar-refractivity contribution in [2.24, 2.45) is 5.73 Å². The lowest BCUT2D eigenvalue weighted by Gasteiger charge is -2.23. The fourth-order valence-corrected chi connectivity index (χ4v) is 2.14. The summed E-state index contributed by atoms with van der Waals surface area (Å²) < 4.78 is 13.6. The Bertz CT molecular complexity index is 400. The SMILES string of the molecule is NC(=O)c1ccc(F)c(C2CCNCC2)c1. The Labute approximate surface area is 93.8 Å². The van der Waals surface area contributed by atoms with Crippen molar-refractivity contribution in [1.82, 2.24) is 5.32 Å². The van der Waals surface area contributed by atoms with Crippen LogP contribution >= 0.6 is 0 Å². The Hall–Kier alpha value is -1.42. The standard InChI is InChI=1S/C12H15FN2O/c13-11-2-1-9(12(14)16)7-10(11)8-3-5-15-6-4-8/h1-2,7-8,15H,3-6H2,(H2,14,16). The van der Waals surface area contributed by atoms with Gasteiger partial charge in [0.2, 0.25) is 5.91 Å². The molecule has 0 unspecified atom stereocenters. The van der Waals surface area contributed by atoms with Gasteiger partial charge in [-0.2, -0.15) is 0 Å². The second kappa shape index (κ2) is 4.61. The normalized spacial score (nSPS) is 17.3. The average Bonchev–Trinajstić information content (AvgIpc) is 2.30. The molecular formula is C12H15FN2O. The maximum absolute atomic E-state index is 13.6. The van der Waals surface area contributed by atoms with Crippen molar-refractivity contribution >= 4 is 5.91 Å². The molecule has 1 aromatic rings. The van der Waals surface area contributed by atoms with Crippen LogP contribution in [0.1, 0.15) is 34.7 Å². The lowest BCUT2D eigenvalue weighted by atomic mass is 9.89. The highest BCUT2D eigenvalue weighted by Gasteiger charge is 2.19. The smallest absolute Gasteiger partial charge is 0.248 e. The predicted octanol–water partition coefficient (Wildman–Crippen LogP) is 1.39. The van der Waals surface area contributed by atoms with Crippen LogP contribution in [0.4, 0.5) is 4.39 Å². The van der Waals surface area contributed by atoms with E-state index in [1.165, 1.54) is 12.1 Å². The molecular weight excluding hydrogens is 207 g/mol. The van der Waals surface area contributed by atoms with Crippen LogP contribution in [0.15, 0.2) is 18.2 Å². The van der Waals surface area contributed by atoms with E-state index >= 15 is 0 Å². The first-order valence-corrected chi connectivity index (χ1v) is 5.48. The van der Waals surface area contributed by atoms with Gasteiger partial charge in [0, 0.05) is 5.56 Å². The van der Waals surface area contributed by atoms with Gasteiger partial charge in [0.25, 0.3) is 0 Å². The van der Waals surface area contributed by atoms with Crippen LogP contribution in [-0.4, -0.2) is 19.0 Å². The van der Waals surface area contributed by atoms with Gasteiger partial charge in [-0.1, -0.05) is 0 Å². The van der Waals surface area contributed by atoms with Gasteiger partial charge in [0.05, 0.1) is 0 Å². The Balaban J connectivity index is 2.30. The lowest BCUT2D eigenvalue weighted by molar-refractivity contribution is 0.1000. The van der Waals surface area contributed by atoms with Crippen LogP contribution in [0.2, 0.25) is 0 Å². The van der Waals surface area contributed by atoms with E-state index in [9.17, 15) is 9.18 Å². The van der Waals surface area contributed by atoms with E-state index in [1.807, 2.05) is 0 Å². The summed E-state index contributed by atoms with van der Waals surface area (Å²) in [5, 5.41) is 3.23. The van der Waals surface area contributed by atoms with Gasteiger partial charge in [-0.05, 0) is 55.6 Å². The van der Waals surface area contributed by atoms with E-state index in [0.717, 1.165) is 25.9 Å². The number of nitrogens with two attached hydrogens (primary N) is 1. The zero-order valence-electron chi connectivity index (χ0n) is 9.00. The van der Waals surface area contributed by atoms with E-state index in [2.05, 4.69) is 5.32 Å². The highest BCUT2D eigenvalue weighted by atomic mass is 19.1. The molecule has 3 nitrogen and oxygen atoms in total. The number of primary amides is 1. The number of carbonyl (C=O) groups is 1. The minimum atomic E-state index is -0.504. The van der Waals surface area contributed by atoms with Crippen LogP contribution < -0.4 is 11.1 Å². The van der Waals surface area contributed by atoms with Crippen molar-refractivity contribution in [2.75, 3.05) is 13.1 Å². The number of hydrogen-bond donors (Lipinski definition) is 2. The molecule has 0 saturated carbocycles. The molecule has 0 radical (unpaired) electrons. The molecule has 0 spiro atoms. The highest BCUT2D eigenvalue weighted by Crippen LogP contribution is 2.28. The monoisotopic (exact) mass is 222 g/mol. The Morgan fingerprint density at radius 1 is 1.38 bits per heavy atom. The molecule has 1 aliphatic rings. The van der Waals surface area contributed by atoms with Gasteiger partial charge >= 0.3 is 0 Å². The zero-order chi connectivity index (χ0) is 11.5. The fraction of sp³-hybridized carbons (Fsp3) is 0.417. The van der Waals surface area contributed by atoms with E-state index in [1.54, 1.807) is 6.07 Å². The van der Waals surface area contributed by atoms with E-state index in [0.29, 0.717) is 11.1 Å². The second-order valence-corrected chi connectivity index (χ2v) is 4.12. The summed E-state index contributed by atoms with van der Waals surface area (Å²) in [6.45, 7) is 1.79. The molecule has 1 aromatic carbocycles. The third-order valence-corrected chi connectivity index (χ3v) is 3.06. The third kappa shape index (κ3) is 2.22. The predicted molar refractivity (Wildman–Crippen MR) is 59.8 cm³/mol. The number of rotatable bonds is 2. The second-order valence-electron chi connectivity index (χ2n) is 4.12. The van der Waals surface area contributed by atoms with Gasteiger partial charge in [-0.15, -0.1) is 0 Å². The van der Waals surface area contributed by atoms with E-state index < -0.39 is 5.91 Å². The van der Waals surface area contributed by atoms with Gasteiger partial charge in [0.15, 0.2) is 0 Å². The van der Waals surface area contributed by atoms with Crippen molar-refractivity contribution in [1.29, 1.82) is 0 Å². The number of benzene rings is 1. The summed E-state index contributed by atoms with van der Waals surface area (Å²) in [5.41, 5.74) is 6.20. The minimum Gasteiger partial charge on any atom is -0.366 e. The first-order valence-electron chi connectivity index (χ1n) is 5.48. The molecule has 0 atom stereocenters. The summed E-state index contributed by atoms with van der Waals surface area (Å²) in [7, 11) is 0. The Morgan fingerprint density at radius 3 is 2.69 bits per heavy atom. The Morgan fingerprint density at radius 2 is 2.06 bits per heavy atom.